The number of nitrogens with one attached hydrogen (secondary N) is 1. The van der Waals surface area contributed by atoms with Crippen LogP contribution in [0.3, 0.4) is 0 Å². The number of halogens is 2. The highest BCUT2D eigenvalue weighted by Gasteiger charge is 2.31. The van der Waals surface area contributed by atoms with Gasteiger partial charge in [-0.15, -0.1) is 0 Å². The Hall–Kier alpha value is -2.86. The predicted molar refractivity (Wildman–Crippen MR) is 117 cm³/mol. The average molecular weight is 482 g/mol. The lowest BCUT2D eigenvalue weighted by Gasteiger charge is -2.34. The molecule has 2 aliphatic rings. The standard InChI is InChI=1S/C21H25F2N5O4S/c1-14-10-19(28(25-14)16-4-9-33(31,32)13-16)24-20(29)12-26-5-7-27(8-6-26)21(30)15-2-3-17(22)18(23)11-15/h2-3,10-11,16H,4-9,12-13H2,1H3,(H,24,29). The molecule has 178 valence electrons. The molecule has 9 nitrogen and oxygen atoms in total. The number of amides is 2. The van der Waals surface area contributed by atoms with Crippen LogP contribution in [-0.2, 0) is 14.6 Å². The summed E-state index contributed by atoms with van der Waals surface area (Å²) in [4.78, 5) is 28.6. The molecule has 2 saturated heterocycles. The SMILES string of the molecule is Cc1cc(NC(=O)CN2CCN(C(=O)c3ccc(F)c(F)c3)CC2)n(C2CCS(=O)(=O)C2)n1. The number of aromatic nitrogens is 2. The fourth-order valence-corrected chi connectivity index (χ4v) is 5.85. The summed E-state index contributed by atoms with van der Waals surface area (Å²) in [6.07, 6.45) is 0.459. The molecule has 2 aromatic rings. The number of piperazine rings is 1. The predicted octanol–water partition coefficient (Wildman–Crippen LogP) is 1.23. The van der Waals surface area contributed by atoms with Gasteiger partial charge in [0.15, 0.2) is 21.5 Å². The van der Waals surface area contributed by atoms with Crippen LogP contribution >= 0.6 is 0 Å². The lowest BCUT2D eigenvalue weighted by Crippen LogP contribution is -2.50. The second-order valence-electron chi connectivity index (χ2n) is 8.42. The molecule has 2 aliphatic heterocycles. The van der Waals surface area contributed by atoms with Crippen molar-refractivity contribution in [3.63, 3.8) is 0 Å². The van der Waals surface area contributed by atoms with Gasteiger partial charge < -0.3 is 10.2 Å². The largest absolute Gasteiger partial charge is 0.336 e. The van der Waals surface area contributed by atoms with Gasteiger partial charge in [0.05, 0.1) is 29.8 Å². The number of benzene rings is 1. The van der Waals surface area contributed by atoms with Crippen molar-refractivity contribution in [3.05, 3.63) is 47.2 Å². The van der Waals surface area contributed by atoms with E-state index >= 15 is 0 Å². The first-order valence-corrected chi connectivity index (χ1v) is 12.5. The Labute approximate surface area is 190 Å². The summed E-state index contributed by atoms with van der Waals surface area (Å²) in [5, 5.41) is 7.18. The zero-order valence-corrected chi connectivity index (χ0v) is 18.9. The molecule has 3 heterocycles. The molecule has 4 rings (SSSR count). The van der Waals surface area contributed by atoms with Crippen molar-refractivity contribution >= 4 is 27.5 Å². The van der Waals surface area contributed by atoms with Crippen molar-refractivity contribution in [3.8, 4) is 0 Å². The second kappa shape index (κ2) is 9.18. The van der Waals surface area contributed by atoms with Gasteiger partial charge in [-0.3, -0.25) is 14.5 Å². The van der Waals surface area contributed by atoms with Gasteiger partial charge >= 0.3 is 0 Å². The van der Waals surface area contributed by atoms with E-state index in [1.165, 1.54) is 6.07 Å². The summed E-state index contributed by atoms with van der Waals surface area (Å²) in [6, 6.07) is 4.47. The smallest absolute Gasteiger partial charge is 0.254 e. The summed E-state index contributed by atoms with van der Waals surface area (Å²) in [5.41, 5.74) is 0.761. The van der Waals surface area contributed by atoms with Gasteiger partial charge in [-0.2, -0.15) is 5.10 Å². The third kappa shape index (κ3) is 5.38. The summed E-state index contributed by atoms with van der Waals surface area (Å²) < 4.78 is 51.7. The van der Waals surface area contributed by atoms with E-state index < -0.39 is 21.5 Å². The van der Waals surface area contributed by atoms with Gasteiger partial charge in [0, 0.05) is 37.8 Å². The topological polar surface area (TPSA) is 105 Å². The summed E-state index contributed by atoms with van der Waals surface area (Å²) in [7, 11) is -3.09. The monoisotopic (exact) mass is 481 g/mol. The Bertz CT molecular complexity index is 1180. The molecular formula is C21H25F2N5O4S. The Morgan fingerprint density at radius 2 is 1.85 bits per heavy atom. The maximum Gasteiger partial charge on any atom is 0.254 e. The Morgan fingerprint density at radius 3 is 2.48 bits per heavy atom. The first-order valence-electron chi connectivity index (χ1n) is 10.6. The molecule has 0 saturated carbocycles. The zero-order valence-electron chi connectivity index (χ0n) is 18.1. The Morgan fingerprint density at radius 1 is 1.12 bits per heavy atom. The highest BCUT2D eigenvalue weighted by atomic mass is 32.2. The molecule has 0 bridgehead atoms. The molecule has 0 aliphatic carbocycles. The second-order valence-corrected chi connectivity index (χ2v) is 10.6. The van der Waals surface area contributed by atoms with Crippen LogP contribution in [0, 0.1) is 18.6 Å². The lowest BCUT2D eigenvalue weighted by atomic mass is 10.1. The van der Waals surface area contributed by atoms with Crippen LogP contribution < -0.4 is 5.32 Å². The van der Waals surface area contributed by atoms with Gasteiger partial charge in [-0.1, -0.05) is 0 Å². The number of hydrogen-bond acceptors (Lipinski definition) is 6. The molecule has 0 spiro atoms. The van der Waals surface area contributed by atoms with E-state index in [1.54, 1.807) is 22.6 Å². The van der Waals surface area contributed by atoms with Crippen LogP contribution in [0.15, 0.2) is 24.3 Å². The maximum atomic E-state index is 13.4. The van der Waals surface area contributed by atoms with Gasteiger partial charge in [-0.25, -0.2) is 21.9 Å². The first kappa shape index (κ1) is 23.3. The van der Waals surface area contributed by atoms with Crippen molar-refractivity contribution in [1.29, 1.82) is 0 Å². The van der Waals surface area contributed by atoms with E-state index in [0.717, 1.165) is 12.1 Å². The van der Waals surface area contributed by atoms with Crippen LogP contribution in [0.2, 0.25) is 0 Å². The maximum absolute atomic E-state index is 13.4. The third-order valence-corrected chi connectivity index (χ3v) is 7.62. The van der Waals surface area contributed by atoms with Gasteiger partial charge in [0.25, 0.3) is 5.91 Å². The van der Waals surface area contributed by atoms with E-state index in [1.807, 2.05) is 4.90 Å². The van der Waals surface area contributed by atoms with Crippen LogP contribution in [0.5, 0.6) is 0 Å². The van der Waals surface area contributed by atoms with Gasteiger partial charge in [0.2, 0.25) is 5.91 Å². The zero-order chi connectivity index (χ0) is 23.8. The minimum absolute atomic E-state index is 0.00489. The van der Waals surface area contributed by atoms with Crippen molar-refractivity contribution in [2.45, 2.75) is 19.4 Å². The van der Waals surface area contributed by atoms with Crippen molar-refractivity contribution in [2.24, 2.45) is 0 Å². The van der Waals surface area contributed by atoms with E-state index in [2.05, 4.69) is 10.4 Å². The van der Waals surface area contributed by atoms with Crippen molar-refractivity contribution < 1.29 is 26.8 Å². The number of anilines is 1. The van der Waals surface area contributed by atoms with Crippen LogP contribution in [0.4, 0.5) is 14.6 Å². The number of hydrogen-bond donors (Lipinski definition) is 1. The summed E-state index contributed by atoms with van der Waals surface area (Å²) in [6.45, 7) is 3.47. The number of sulfone groups is 1. The number of carbonyl (C=O) groups is 2. The molecule has 2 fully saturated rings. The van der Waals surface area contributed by atoms with E-state index in [4.69, 9.17) is 0 Å². The molecule has 0 radical (unpaired) electrons. The normalized spacial score (nSPS) is 20.7. The van der Waals surface area contributed by atoms with Crippen molar-refractivity contribution in [2.75, 3.05) is 49.5 Å². The van der Waals surface area contributed by atoms with E-state index in [0.29, 0.717) is 44.1 Å². The van der Waals surface area contributed by atoms with Crippen LogP contribution in [0.1, 0.15) is 28.5 Å². The molecule has 2 amide bonds. The first-order chi connectivity index (χ1) is 15.6. The molecule has 33 heavy (non-hydrogen) atoms. The Kier molecular flexibility index (Phi) is 6.48. The fourth-order valence-electron chi connectivity index (χ4n) is 4.16. The van der Waals surface area contributed by atoms with Crippen LogP contribution in [-0.4, -0.2) is 84.0 Å². The molecule has 1 unspecified atom stereocenters. The van der Waals surface area contributed by atoms with Crippen molar-refractivity contribution in [1.82, 2.24) is 19.6 Å². The summed E-state index contributed by atoms with van der Waals surface area (Å²) in [5.74, 6) is -2.15. The highest BCUT2D eigenvalue weighted by Crippen LogP contribution is 2.27. The number of aryl methyl sites for hydroxylation is 1. The molecular weight excluding hydrogens is 456 g/mol. The average Bonchev–Trinajstić information content (AvgIpc) is 3.31. The number of carbonyl (C=O) groups excluding carboxylic acids is 2. The Balaban J connectivity index is 1.31. The minimum atomic E-state index is -3.09. The van der Waals surface area contributed by atoms with Gasteiger partial charge in [0.1, 0.15) is 5.82 Å². The minimum Gasteiger partial charge on any atom is -0.336 e. The summed E-state index contributed by atoms with van der Waals surface area (Å²) >= 11 is 0. The number of nitrogens with zero attached hydrogens (tertiary/aromatic N) is 4. The third-order valence-electron chi connectivity index (χ3n) is 5.87. The molecule has 12 heteroatoms. The fraction of sp³-hybridized carbons (Fsp3) is 0.476. The molecule has 1 aromatic heterocycles. The van der Waals surface area contributed by atoms with E-state index in [9.17, 15) is 26.8 Å². The van der Waals surface area contributed by atoms with Gasteiger partial charge in [-0.05, 0) is 31.5 Å². The highest BCUT2D eigenvalue weighted by molar-refractivity contribution is 7.91. The van der Waals surface area contributed by atoms with E-state index in [-0.39, 0.29) is 41.5 Å². The van der Waals surface area contributed by atoms with Crippen LogP contribution in [0.25, 0.3) is 0 Å². The molecule has 1 aromatic carbocycles. The molecule has 1 atom stereocenters. The quantitative estimate of drug-likeness (QED) is 0.689. The molecule has 1 N–H and O–H groups in total. The lowest BCUT2D eigenvalue weighted by molar-refractivity contribution is -0.117. The number of rotatable bonds is 5.